The number of carboxylic acid groups (broad SMARTS) is 1. The van der Waals surface area contributed by atoms with Crippen molar-refractivity contribution in [1.29, 1.82) is 0 Å². The summed E-state index contributed by atoms with van der Waals surface area (Å²) in [6.45, 7) is 5.55. The molecule has 0 aliphatic carbocycles. The number of benzene rings is 1. The van der Waals surface area contributed by atoms with E-state index in [2.05, 4.69) is 5.32 Å². The van der Waals surface area contributed by atoms with Crippen LogP contribution in [0.15, 0.2) is 29.2 Å². The first-order chi connectivity index (χ1) is 12.1. The molecule has 144 valence electrons. The molecular weight excluding hydrogens is 356 g/mol. The highest BCUT2D eigenvalue weighted by molar-refractivity contribution is 7.89. The first kappa shape index (κ1) is 20.4. The number of aryl methyl sites for hydroxylation is 1. The van der Waals surface area contributed by atoms with Crippen LogP contribution in [0.5, 0.6) is 0 Å². The van der Waals surface area contributed by atoms with Crippen molar-refractivity contribution in [2.75, 3.05) is 13.1 Å². The molecular formula is C18H26N2O5S. The Hall–Kier alpha value is -1.93. The second-order valence-corrected chi connectivity index (χ2v) is 8.91. The largest absolute Gasteiger partial charge is 0.480 e. The highest BCUT2D eigenvalue weighted by Gasteiger charge is 2.37. The molecule has 1 saturated heterocycles. The van der Waals surface area contributed by atoms with Gasteiger partial charge in [0.25, 0.3) is 0 Å². The van der Waals surface area contributed by atoms with E-state index in [1.807, 2.05) is 6.92 Å². The fourth-order valence-corrected chi connectivity index (χ4v) is 4.35. The van der Waals surface area contributed by atoms with Gasteiger partial charge in [-0.05, 0) is 45.2 Å². The van der Waals surface area contributed by atoms with Crippen molar-refractivity contribution in [2.24, 2.45) is 5.92 Å². The summed E-state index contributed by atoms with van der Waals surface area (Å²) in [5, 5.41) is 11.9. The Labute approximate surface area is 154 Å². The van der Waals surface area contributed by atoms with Crippen LogP contribution in [-0.4, -0.2) is 48.3 Å². The van der Waals surface area contributed by atoms with E-state index in [1.165, 1.54) is 11.2 Å². The highest BCUT2D eigenvalue weighted by atomic mass is 32.2. The molecule has 0 aromatic heterocycles. The summed E-state index contributed by atoms with van der Waals surface area (Å²) in [4.78, 5) is 24.0. The van der Waals surface area contributed by atoms with Crippen molar-refractivity contribution in [3.63, 3.8) is 0 Å². The van der Waals surface area contributed by atoms with Gasteiger partial charge in [0.2, 0.25) is 15.9 Å². The van der Waals surface area contributed by atoms with E-state index in [0.29, 0.717) is 12.8 Å². The molecule has 7 nitrogen and oxygen atoms in total. The highest BCUT2D eigenvalue weighted by Crippen LogP contribution is 2.25. The van der Waals surface area contributed by atoms with Crippen LogP contribution in [0.25, 0.3) is 0 Å². The molecule has 1 fully saturated rings. The lowest BCUT2D eigenvalue weighted by Gasteiger charge is -2.33. The van der Waals surface area contributed by atoms with Crippen LogP contribution in [0.1, 0.15) is 38.7 Å². The van der Waals surface area contributed by atoms with E-state index in [9.17, 15) is 23.1 Å². The second-order valence-electron chi connectivity index (χ2n) is 6.97. The number of amides is 1. The van der Waals surface area contributed by atoms with Crippen molar-refractivity contribution < 1.29 is 23.1 Å². The van der Waals surface area contributed by atoms with Crippen LogP contribution in [0.3, 0.4) is 0 Å². The zero-order valence-electron chi connectivity index (χ0n) is 15.4. The van der Waals surface area contributed by atoms with Crippen LogP contribution < -0.4 is 5.32 Å². The Balaban J connectivity index is 2.01. The summed E-state index contributed by atoms with van der Waals surface area (Å²) in [6, 6.07) is 6.68. The molecule has 1 amide bonds. The molecule has 1 heterocycles. The first-order valence-electron chi connectivity index (χ1n) is 8.72. The summed E-state index contributed by atoms with van der Waals surface area (Å²) < 4.78 is 26.8. The molecule has 26 heavy (non-hydrogen) atoms. The SMILES string of the molecule is CCC(C)(NC(=O)C1CCN(S(=O)(=O)c2ccc(C)cc2)CC1)C(=O)O. The summed E-state index contributed by atoms with van der Waals surface area (Å²) in [5.74, 6) is -1.79. The van der Waals surface area contributed by atoms with E-state index >= 15 is 0 Å². The lowest BCUT2D eigenvalue weighted by atomic mass is 9.93. The predicted molar refractivity (Wildman–Crippen MR) is 97.1 cm³/mol. The van der Waals surface area contributed by atoms with Gasteiger partial charge in [0.1, 0.15) is 5.54 Å². The number of hydrogen-bond acceptors (Lipinski definition) is 4. The molecule has 1 aliphatic heterocycles. The van der Waals surface area contributed by atoms with Crippen molar-refractivity contribution in [2.45, 2.75) is 50.5 Å². The molecule has 1 unspecified atom stereocenters. The number of nitrogens with one attached hydrogen (secondary N) is 1. The normalized spacial score (nSPS) is 18.9. The lowest BCUT2D eigenvalue weighted by Crippen LogP contribution is -2.54. The molecule has 0 saturated carbocycles. The molecule has 1 aromatic rings. The number of sulfonamides is 1. The van der Waals surface area contributed by atoms with Crippen LogP contribution in [0.4, 0.5) is 0 Å². The Kier molecular flexibility index (Phi) is 6.08. The van der Waals surface area contributed by atoms with Crippen molar-refractivity contribution in [1.82, 2.24) is 9.62 Å². The van der Waals surface area contributed by atoms with Crippen LogP contribution >= 0.6 is 0 Å². The first-order valence-corrected chi connectivity index (χ1v) is 10.2. The predicted octanol–water partition coefficient (Wildman–Crippen LogP) is 1.77. The summed E-state index contributed by atoms with van der Waals surface area (Å²) in [6.07, 6.45) is 1.02. The minimum Gasteiger partial charge on any atom is -0.480 e. The van der Waals surface area contributed by atoms with Gasteiger partial charge in [-0.1, -0.05) is 24.6 Å². The van der Waals surface area contributed by atoms with Gasteiger partial charge in [0, 0.05) is 19.0 Å². The van der Waals surface area contributed by atoms with Gasteiger partial charge in [-0.15, -0.1) is 0 Å². The van der Waals surface area contributed by atoms with Crippen molar-refractivity contribution >= 4 is 21.9 Å². The molecule has 0 spiro atoms. The second kappa shape index (κ2) is 7.75. The van der Waals surface area contributed by atoms with Crippen molar-refractivity contribution in [3.05, 3.63) is 29.8 Å². The summed E-state index contributed by atoms with van der Waals surface area (Å²) in [5.41, 5.74) is -0.320. The fourth-order valence-electron chi connectivity index (χ4n) is 2.88. The molecule has 1 aromatic carbocycles. The van der Waals surface area contributed by atoms with Crippen LogP contribution in [0.2, 0.25) is 0 Å². The number of carbonyl (C=O) groups is 2. The lowest BCUT2D eigenvalue weighted by molar-refractivity contribution is -0.147. The Bertz CT molecular complexity index is 767. The standard InChI is InChI=1S/C18H26N2O5S/c1-4-18(3,17(22)23)19-16(21)14-9-11-20(12-10-14)26(24,25)15-7-5-13(2)6-8-15/h5-8,14H,4,9-12H2,1-3H3,(H,19,21)(H,22,23). The number of nitrogens with zero attached hydrogens (tertiary/aromatic N) is 1. The number of rotatable bonds is 6. The molecule has 2 N–H and O–H groups in total. The Morgan fingerprint density at radius 1 is 1.23 bits per heavy atom. The van der Waals surface area contributed by atoms with Gasteiger partial charge in [0.05, 0.1) is 4.90 Å². The van der Waals surface area contributed by atoms with Crippen molar-refractivity contribution in [3.8, 4) is 0 Å². The molecule has 0 bridgehead atoms. The zero-order valence-corrected chi connectivity index (χ0v) is 16.2. The minimum atomic E-state index is -3.57. The smallest absolute Gasteiger partial charge is 0.329 e. The van der Waals surface area contributed by atoms with E-state index in [1.54, 1.807) is 31.2 Å². The number of hydrogen-bond donors (Lipinski definition) is 2. The molecule has 1 atom stereocenters. The Morgan fingerprint density at radius 2 is 1.77 bits per heavy atom. The third-order valence-electron chi connectivity index (χ3n) is 5.06. The maximum absolute atomic E-state index is 12.7. The third kappa shape index (κ3) is 4.24. The number of carboxylic acids is 1. The topological polar surface area (TPSA) is 104 Å². The maximum Gasteiger partial charge on any atom is 0.329 e. The molecule has 8 heteroatoms. The van der Waals surface area contributed by atoms with Gasteiger partial charge >= 0.3 is 5.97 Å². The maximum atomic E-state index is 12.7. The molecule has 1 aliphatic rings. The molecule has 2 rings (SSSR count). The average molecular weight is 382 g/mol. The van der Waals surface area contributed by atoms with Gasteiger partial charge in [-0.3, -0.25) is 4.79 Å². The van der Waals surface area contributed by atoms with Gasteiger partial charge in [0.15, 0.2) is 0 Å². The number of piperidine rings is 1. The minimum absolute atomic E-state index is 0.240. The quantitative estimate of drug-likeness (QED) is 0.780. The summed E-state index contributed by atoms with van der Waals surface area (Å²) >= 11 is 0. The van der Waals surface area contributed by atoms with Crippen LogP contribution in [-0.2, 0) is 19.6 Å². The summed E-state index contributed by atoms with van der Waals surface area (Å²) in [7, 11) is -3.57. The van der Waals surface area contributed by atoms with Crippen LogP contribution in [0, 0.1) is 12.8 Å². The monoisotopic (exact) mass is 382 g/mol. The average Bonchev–Trinajstić information content (AvgIpc) is 2.61. The molecule has 0 radical (unpaired) electrons. The van der Waals surface area contributed by atoms with E-state index < -0.39 is 21.5 Å². The van der Waals surface area contributed by atoms with Gasteiger partial charge in [-0.2, -0.15) is 4.31 Å². The number of carbonyl (C=O) groups excluding carboxylic acids is 1. The van der Waals surface area contributed by atoms with Gasteiger partial charge in [-0.25, -0.2) is 13.2 Å². The zero-order chi connectivity index (χ0) is 19.5. The van der Waals surface area contributed by atoms with E-state index in [4.69, 9.17) is 0 Å². The Morgan fingerprint density at radius 3 is 2.23 bits per heavy atom. The number of aliphatic carboxylic acids is 1. The van der Waals surface area contributed by atoms with E-state index in [0.717, 1.165) is 5.56 Å². The third-order valence-corrected chi connectivity index (χ3v) is 6.97. The van der Waals surface area contributed by atoms with E-state index in [-0.39, 0.29) is 36.2 Å². The van der Waals surface area contributed by atoms with Gasteiger partial charge < -0.3 is 10.4 Å². The fraction of sp³-hybridized carbons (Fsp3) is 0.556.